The maximum absolute atomic E-state index is 8.94. The van der Waals surface area contributed by atoms with Crippen molar-refractivity contribution in [2.75, 3.05) is 20.8 Å². The highest BCUT2D eigenvalue weighted by molar-refractivity contribution is 9.10. The Labute approximate surface area is 208 Å². The molecule has 0 aliphatic carbocycles. The van der Waals surface area contributed by atoms with E-state index in [-0.39, 0.29) is 0 Å². The molecule has 0 aliphatic heterocycles. The summed E-state index contributed by atoms with van der Waals surface area (Å²) in [4.78, 5) is 0. The van der Waals surface area contributed by atoms with Crippen LogP contribution in [0.3, 0.4) is 0 Å². The molecule has 176 valence electrons. The average molecular weight is 524 g/mol. The van der Waals surface area contributed by atoms with Crippen molar-refractivity contribution in [3.8, 4) is 29.1 Å². The lowest BCUT2D eigenvalue weighted by Crippen LogP contribution is -2.06. The summed E-state index contributed by atoms with van der Waals surface area (Å²) >= 11 is 3.58. The Morgan fingerprint density at radius 1 is 0.941 bits per heavy atom. The molecule has 0 aromatic heterocycles. The number of ether oxygens (including phenoxy) is 4. The third-order valence-electron chi connectivity index (χ3n) is 4.83. The Kier molecular flexibility index (Phi) is 9.18. The van der Waals surface area contributed by atoms with Gasteiger partial charge in [-0.3, -0.25) is 0 Å². The highest BCUT2D eigenvalue weighted by Crippen LogP contribution is 2.37. The fourth-order valence-corrected chi connectivity index (χ4v) is 3.72. The molecule has 0 saturated carbocycles. The summed E-state index contributed by atoms with van der Waals surface area (Å²) in [5.74, 6) is 2.59. The topological polar surface area (TPSA) is 85.1 Å². The zero-order valence-corrected chi connectivity index (χ0v) is 20.9. The van der Waals surface area contributed by atoms with E-state index in [1.807, 2.05) is 49.4 Å². The minimum atomic E-state index is 0.352. The van der Waals surface area contributed by atoms with E-state index < -0.39 is 0 Å². The fraction of sp³-hybridized carbons (Fsp3) is 0.231. The van der Waals surface area contributed by atoms with Crippen LogP contribution in [0.25, 0.3) is 0 Å². The number of hydrogen-bond donors (Lipinski definition) is 1. The SMILES string of the molecule is CCOc1cc(/C=N/NCc2ccc(OC)c(OC)c2)cc(Br)c1OCc1ccc(C#N)cc1. The normalized spacial score (nSPS) is 10.6. The van der Waals surface area contributed by atoms with Crippen LogP contribution in [0.4, 0.5) is 0 Å². The minimum Gasteiger partial charge on any atom is -0.493 e. The first-order valence-electron chi connectivity index (χ1n) is 10.6. The first-order valence-corrected chi connectivity index (χ1v) is 11.4. The van der Waals surface area contributed by atoms with Crippen molar-refractivity contribution in [2.24, 2.45) is 5.10 Å². The van der Waals surface area contributed by atoms with Gasteiger partial charge in [0.2, 0.25) is 0 Å². The molecule has 0 atom stereocenters. The van der Waals surface area contributed by atoms with E-state index in [0.29, 0.717) is 48.3 Å². The van der Waals surface area contributed by atoms with Gasteiger partial charge in [0.05, 0.1) is 49.7 Å². The van der Waals surface area contributed by atoms with Gasteiger partial charge in [-0.1, -0.05) is 18.2 Å². The monoisotopic (exact) mass is 523 g/mol. The standard InChI is InChI=1S/C26H26BrN3O4/c1-4-33-25-13-21(16-30-29-15-20-9-10-23(31-2)24(12-20)32-3)11-22(27)26(25)34-17-19-7-5-18(14-28)6-8-19/h5-13,16,29H,4,15,17H2,1-3H3/b30-16+. The van der Waals surface area contributed by atoms with Crippen LogP contribution in [0.2, 0.25) is 0 Å². The first kappa shape index (κ1) is 24.9. The highest BCUT2D eigenvalue weighted by Gasteiger charge is 2.12. The Morgan fingerprint density at radius 3 is 2.35 bits per heavy atom. The molecule has 0 unspecified atom stereocenters. The number of rotatable bonds is 11. The predicted octanol–water partition coefficient (Wildman–Crippen LogP) is 5.44. The summed E-state index contributed by atoms with van der Waals surface area (Å²) in [6.07, 6.45) is 1.72. The van der Waals surface area contributed by atoms with E-state index in [1.165, 1.54) is 0 Å². The summed E-state index contributed by atoms with van der Waals surface area (Å²) in [6.45, 7) is 3.30. The molecule has 3 aromatic carbocycles. The number of nitrogens with zero attached hydrogens (tertiary/aromatic N) is 2. The molecule has 0 aliphatic rings. The molecule has 0 heterocycles. The molecule has 0 bridgehead atoms. The zero-order valence-electron chi connectivity index (χ0n) is 19.3. The van der Waals surface area contributed by atoms with Gasteiger partial charge in [0.25, 0.3) is 0 Å². The van der Waals surface area contributed by atoms with Crippen LogP contribution >= 0.6 is 15.9 Å². The Bertz CT molecular complexity index is 1170. The quantitative estimate of drug-likeness (QED) is 0.266. The van der Waals surface area contributed by atoms with Crippen molar-refractivity contribution in [1.82, 2.24) is 5.43 Å². The van der Waals surface area contributed by atoms with Crippen molar-refractivity contribution in [3.05, 3.63) is 81.3 Å². The van der Waals surface area contributed by atoms with Crippen LogP contribution in [0.1, 0.15) is 29.2 Å². The van der Waals surface area contributed by atoms with Crippen molar-refractivity contribution in [1.29, 1.82) is 5.26 Å². The van der Waals surface area contributed by atoms with Crippen LogP contribution in [-0.4, -0.2) is 27.0 Å². The third-order valence-corrected chi connectivity index (χ3v) is 5.42. The number of benzene rings is 3. The van der Waals surface area contributed by atoms with Gasteiger partial charge in [-0.2, -0.15) is 10.4 Å². The summed E-state index contributed by atoms with van der Waals surface area (Å²) < 4.78 is 23.2. The van der Waals surface area contributed by atoms with Gasteiger partial charge < -0.3 is 24.4 Å². The number of nitriles is 1. The number of hydrazone groups is 1. The molecule has 7 nitrogen and oxygen atoms in total. The number of nitrogens with one attached hydrogen (secondary N) is 1. The number of methoxy groups -OCH3 is 2. The maximum atomic E-state index is 8.94. The van der Waals surface area contributed by atoms with Gasteiger partial charge >= 0.3 is 0 Å². The second-order valence-corrected chi connectivity index (χ2v) is 8.00. The molecule has 0 fully saturated rings. The van der Waals surface area contributed by atoms with E-state index in [0.717, 1.165) is 21.2 Å². The molecular formula is C26H26BrN3O4. The Hall–Kier alpha value is -3.70. The lowest BCUT2D eigenvalue weighted by Gasteiger charge is -2.15. The van der Waals surface area contributed by atoms with E-state index in [4.69, 9.17) is 24.2 Å². The molecule has 0 radical (unpaired) electrons. The van der Waals surface area contributed by atoms with Crippen molar-refractivity contribution in [3.63, 3.8) is 0 Å². The molecule has 8 heteroatoms. The highest BCUT2D eigenvalue weighted by atomic mass is 79.9. The van der Waals surface area contributed by atoms with E-state index in [2.05, 4.69) is 32.5 Å². The third kappa shape index (κ3) is 6.65. The van der Waals surface area contributed by atoms with Crippen molar-refractivity contribution in [2.45, 2.75) is 20.1 Å². The predicted molar refractivity (Wildman–Crippen MR) is 135 cm³/mol. The van der Waals surface area contributed by atoms with E-state index >= 15 is 0 Å². The van der Waals surface area contributed by atoms with Gasteiger partial charge in [0, 0.05) is 0 Å². The smallest absolute Gasteiger partial charge is 0.175 e. The summed E-state index contributed by atoms with van der Waals surface area (Å²) in [7, 11) is 3.22. The first-order chi connectivity index (χ1) is 16.6. The number of halogens is 1. The Balaban J connectivity index is 1.66. The number of hydrogen-bond acceptors (Lipinski definition) is 7. The van der Waals surface area contributed by atoms with E-state index in [9.17, 15) is 0 Å². The summed E-state index contributed by atoms with van der Waals surface area (Å²) in [6, 6.07) is 18.9. The fourth-order valence-electron chi connectivity index (χ4n) is 3.14. The largest absolute Gasteiger partial charge is 0.493 e. The van der Waals surface area contributed by atoms with Gasteiger partial charge in [0.15, 0.2) is 23.0 Å². The van der Waals surface area contributed by atoms with Gasteiger partial charge in [-0.25, -0.2) is 0 Å². The molecular weight excluding hydrogens is 498 g/mol. The van der Waals surface area contributed by atoms with E-state index in [1.54, 1.807) is 32.6 Å². The van der Waals surface area contributed by atoms with Crippen LogP contribution in [0.5, 0.6) is 23.0 Å². The van der Waals surface area contributed by atoms with Gasteiger partial charge in [-0.05, 0) is 75.9 Å². The average Bonchev–Trinajstić information content (AvgIpc) is 2.86. The second-order valence-electron chi connectivity index (χ2n) is 7.14. The molecule has 0 saturated heterocycles. The van der Waals surface area contributed by atoms with Crippen molar-refractivity contribution < 1.29 is 18.9 Å². The molecule has 3 rings (SSSR count). The van der Waals surface area contributed by atoms with Crippen molar-refractivity contribution >= 4 is 22.1 Å². The summed E-state index contributed by atoms with van der Waals surface area (Å²) in [5.41, 5.74) is 6.47. The molecule has 0 spiro atoms. The lowest BCUT2D eigenvalue weighted by atomic mass is 10.1. The molecule has 0 amide bonds. The molecule has 1 N–H and O–H groups in total. The minimum absolute atomic E-state index is 0.352. The van der Waals surface area contributed by atoms with Crippen LogP contribution < -0.4 is 24.4 Å². The van der Waals surface area contributed by atoms with Gasteiger partial charge in [0.1, 0.15) is 6.61 Å². The molecule has 3 aromatic rings. The van der Waals surface area contributed by atoms with Crippen LogP contribution in [0.15, 0.2) is 64.2 Å². The summed E-state index contributed by atoms with van der Waals surface area (Å²) in [5, 5.41) is 13.3. The second kappa shape index (κ2) is 12.5. The van der Waals surface area contributed by atoms with Gasteiger partial charge in [-0.15, -0.1) is 0 Å². The maximum Gasteiger partial charge on any atom is 0.175 e. The Morgan fingerprint density at radius 2 is 1.68 bits per heavy atom. The molecule has 34 heavy (non-hydrogen) atoms. The zero-order chi connectivity index (χ0) is 24.3. The van der Waals surface area contributed by atoms with Crippen LogP contribution in [0, 0.1) is 11.3 Å². The van der Waals surface area contributed by atoms with Crippen LogP contribution in [-0.2, 0) is 13.2 Å². The lowest BCUT2D eigenvalue weighted by molar-refractivity contribution is 0.267.